The van der Waals surface area contributed by atoms with Crippen LogP contribution in [0.2, 0.25) is 0 Å². The summed E-state index contributed by atoms with van der Waals surface area (Å²) in [5, 5.41) is 12.4. The van der Waals surface area contributed by atoms with Crippen molar-refractivity contribution in [3.8, 4) is 0 Å². The van der Waals surface area contributed by atoms with Crippen LogP contribution in [0.4, 0.5) is 4.39 Å². The lowest BCUT2D eigenvalue weighted by molar-refractivity contribution is -0.136. The molecular formula is C22H22FN3O3. The molecule has 3 aromatic rings. The van der Waals surface area contributed by atoms with Crippen molar-refractivity contribution in [3.05, 3.63) is 64.4 Å². The summed E-state index contributed by atoms with van der Waals surface area (Å²) in [6.07, 6.45) is 3.45. The van der Waals surface area contributed by atoms with Gasteiger partial charge in [-0.3, -0.25) is 14.6 Å². The Labute approximate surface area is 167 Å². The summed E-state index contributed by atoms with van der Waals surface area (Å²) in [7, 11) is 0. The van der Waals surface area contributed by atoms with Crippen LogP contribution in [0.25, 0.3) is 10.9 Å². The summed E-state index contributed by atoms with van der Waals surface area (Å²) in [4.78, 5) is 31.3. The van der Waals surface area contributed by atoms with Gasteiger partial charge in [0.15, 0.2) is 0 Å². The third-order valence-electron chi connectivity index (χ3n) is 5.40. The minimum atomic E-state index is -0.910. The van der Waals surface area contributed by atoms with Gasteiger partial charge in [-0.05, 0) is 61.4 Å². The molecule has 29 heavy (non-hydrogen) atoms. The van der Waals surface area contributed by atoms with Crippen LogP contribution >= 0.6 is 0 Å². The predicted molar refractivity (Wildman–Crippen MR) is 106 cm³/mol. The Morgan fingerprint density at radius 2 is 2.03 bits per heavy atom. The highest BCUT2D eigenvalue weighted by Gasteiger charge is 2.35. The van der Waals surface area contributed by atoms with E-state index >= 15 is 0 Å². The molecule has 1 fully saturated rings. The first-order chi connectivity index (χ1) is 13.8. The fraction of sp³-hybridized carbons (Fsp3) is 0.318. The fourth-order valence-corrected chi connectivity index (χ4v) is 3.75. The van der Waals surface area contributed by atoms with Crippen molar-refractivity contribution in [2.45, 2.75) is 39.2 Å². The predicted octanol–water partition coefficient (Wildman–Crippen LogP) is 3.83. The number of benzene rings is 1. The second-order valence-electron chi connectivity index (χ2n) is 7.74. The van der Waals surface area contributed by atoms with Gasteiger partial charge in [0, 0.05) is 11.6 Å². The highest BCUT2D eigenvalue weighted by molar-refractivity contribution is 5.99. The van der Waals surface area contributed by atoms with E-state index in [1.807, 2.05) is 13.8 Å². The molecule has 2 aromatic heterocycles. The molecule has 0 aliphatic heterocycles. The molecule has 1 amide bonds. The van der Waals surface area contributed by atoms with E-state index in [1.54, 1.807) is 18.3 Å². The van der Waals surface area contributed by atoms with Crippen LogP contribution in [0.5, 0.6) is 0 Å². The largest absolute Gasteiger partial charge is 0.481 e. The van der Waals surface area contributed by atoms with Gasteiger partial charge in [0.2, 0.25) is 0 Å². The van der Waals surface area contributed by atoms with Crippen molar-refractivity contribution in [1.82, 2.24) is 15.3 Å². The third-order valence-corrected chi connectivity index (χ3v) is 5.40. The maximum Gasteiger partial charge on any atom is 0.307 e. The zero-order valence-electron chi connectivity index (χ0n) is 16.3. The first-order valence-corrected chi connectivity index (χ1v) is 9.59. The second kappa shape index (κ2) is 7.31. The van der Waals surface area contributed by atoms with Crippen LogP contribution in [-0.4, -0.2) is 27.0 Å². The minimum absolute atomic E-state index is 0.0887. The number of carboxylic acid groups (broad SMARTS) is 1. The Balaban J connectivity index is 1.61. The van der Waals surface area contributed by atoms with Gasteiger partial charge in [0.25, 0.3) is 5.91 Å². The number of halogens is 1. The lowest BCUT2D eigenvalue weighted by Crippen LogP contribution is -2.31. The molecule has 6 nitrogen and oxygen atoms in total. The average molecular weight is 395 g/mol. The molecule has 150 valence electrons. The maximum atomic E-state index is 14.1. The van der Waals surface area contributed by atoms with Gasteiger partial charge in [-0.25, -0.2) is 4.39 Å². The highest BCUT2D eigenvalue weighted by Crippen LogP contribution is 2.41. The van der Waals surface area contributed by atoms with E-state index in [9.17, 15) is 14.0 Å². The van der Waals surface area contributed by atoms with Gasteiger partial charge >= 0.3 is 5.97 Å². The summed E-state index contributed by atoms with van der Waals surface area (Å²) in [5.74, 6) is -1.30. The van der Waals surface area contributed by atoms with Crippen LogP contribution in [-0.2, 0) is 11.2 Å². The average Bonchev–Trinajstić information content (AvgIpc) is 3.39. The summed E-state index contributed by atoms with van der Waals surface area (Å²) in [6, 6.07) is 6.15. The van der Waals surface area contributed by atoms with Gasteiger partial charge in [0.05, 0.1) is 23.7 Å². The molecule has 1 aliphatic carbocycles. The number of pyridine rings is 1. The molecule has 4 rings (SSSR count). The number of carbonyl (C=O) groups excluding carboxylic acids is 1. The Hall–Kier alpha value is -3.22. The Morgan fingerprint density at radius 1 is 1.28 bits per heavy atom. The highest BCUT2D eigenvalue weighted by atomic mass is 19.1. The monoisotopic (exact) mass is 395 g/mol. The molecule has 1 aliphatic rings. The summed E-state index contributed by atoms with van der Waals surface area (Å²) in [6.45, 7) is 3.73. The number of nitrogens with zero attached hydrogens (tertiary/aromatic N) is 1. The number of rotatable bonds is 6. The Kier molecular flexibility index (Phi) is 4.82. The van der Waals surface area contributed by atoms with Crippen LogP contribution in [0, 0.1) is 25.6 Å². The number of nitrogens with one attached hydrogen (secondary N) is 2. The fourth-order valence-electron chi connectivity index (χ4n) is 3.75. The first-order valence-electron chi connectivity index (χ1n) is 9.59. The molecule has 7 heteroatoms. The van der Waals surface area contributed by atoms with Crippen LogP contribution in [0.1, 0.15) is 51.8 Å². The van der Waals surface area contributed by atoms with Gasteiger partial charge in [0.1, 0.15) is 11.5 Å². The quantitative estimate of drug-likeness (QED) is 0.591. The van der Waals surface area contributed by atoms with E-state index in [0.29, 0.717) is 28.1 Å². The minimum Gasteiger partial charge on any atom is -0.481 e. The number of H-pyrrole nitrogens is 1. The van der Waals surface area contributed by atoms with Gasteiger partial charge in [-0.1, -0.05) is 12.1 Å². The second-order valence-corrected chi connectivity index (χ2v) is 7.74. The van der Waals surface area contributed by atoms with Crippen LogP contribution in [0.15, 0.2) is 30.5 Å². The van der Waals surface area contributed by atoms with E-state index in [-0.39, 0.29) is 24.2 Å². The molecule has 1 unspecified atom stereocenters. The molecule has 3 N–H and O–H groups in total. The number of hydrogen-bond acceptors (Lipinski definition) is 3. The molecule has 0 radical (unpaired) electrons. The Morgan fingerprint density at radius 3 is 2.66 bits per heavy atom. The lowest BCUT2D eigenvalue weighted by Gasteiger charge is -2.20. The van der Waals surface area contributed by atoms with Crippen molar-refractivity contribution in [3.63, 3.8) is 0 Å². The molecule has 1 saturated carbocycles. The zero-order valence-corrected chi connectivity index (χ0v) is 16.3. The topological polar surface area (TPSA) is 95.1 Å². The third kappa shape index (κ3) is 3.85. The van der Waals surface area contributed by atoms with Crippen LogP contribution < -0.4 is 5.32 Å². The van der Waals surface area contributed by atoms with E-state index in [0.717, 1.165) is 29.7 Å². The number of aliphatic carboxylic acids is 1. The summed E-state index contributed by atoms with van der Waals surface area (Å²) < 4.78 is 14.1. The summed E-state index contributed by atoms with van der Waals surface area (Å²) in [5.41, 5.74) is 4.00. The number of amides is 1. The van der Waals surface area contributed by atoms with Gasteiger partial charge in [-0.2, -0.15) is 0 Å². The standard InChI is InChI=1S/C22H22FN3O3/c1-11-3-6-16(23)15-9-17(25-19(11)15)22(29)26-21(14-4-5-14)20-12(2)7-13(10-24-20)8-18(27)28/h3,6-7,9-10,14,21,25H,4-5,8H2,1-2H3,(H,26,29)(H,27,28). The molecule has 1 aromatic carbocycles. The molecule has 0 spiro atoms. The van der Waals surface area contributed by atoms with Crippen molar-refractivity contribution in [2.75, 3.05) is 0 Å². The number of fused-ring (bicyclic) bond motifs is 1. The van der Waals surface area contributed by atoms with Gasteiger partial charge < -0.3 is 15.4 Å². The van der Waals surface area contributed by atoms with E-state index in [1.165, 1.54) is 12.1 Å². The normalized spacial score (nSPS) is 14.7. The van der Waals surface area contributed by atoms with Crippen molar-refractivity contribution < 1.29 is 19.1 Å². The molecular weight excluding hydrogens is 373 g/mol. The van der Waals surface area contributed by atoms with E-state index in [4.69, 9.17) is 5.11 Å². The zero-order chi connectivity index (χ0) is 20.7. The number of carboxylic acids is 1. The first kappa shape index (κ1) is 19.1. The van der Waals surface area contributed by atoms with Crippen molar-refractivity contribution in [2.24, 2.45) is 5.92 Å². The number of hydrogen-bond donors (Lipinski definition) is 3. The maximum absolute atomic E-state index is 14.1. The molecule has 0 saturated heterocycles. The molecule has 0 bridgehead atoms. The molecule has 1 atom stereocenters. The molecule has 2 heterocycles. The Bertz CT molecular complexity index is 1080. The number of carbonyl (C=O) groups is 2. The lowest BCUT2D eigenvalue weighted by atomic mass is 10.0. The number of aromatic amines is 1. The number of aryl methyl sites for hydroxylation is 2. The van der Waals surface area contributed by atoms with Crippen LogP contribution in [0.3, 0.4) is 0 Å². The summed E-state index contributed by atoms with van der Waals surface area (Å²) >= 11 is 0. The van der Waals surface area contributed by atoms with Crippen molar-refractivity contribution >= 4 is 22.8 Å². The van der Waals surface area contributed by atoms with Gasteiger partial charge in [-0.15, -0.1) is 0 Å². The SMILES string of the molecule is Cc1cc(CC(=O)O)cnc1C(NC(=O)c1cc2c(F)ccc(C)c2[nH]1)C1CC1. The van der Waals surface area contributed by atoms with E-state index in [2.05, 4.69) is 15.3 Å². The van der Waals surface area contributed by atoms with Crippen molar-refractivity contribution in [1.29, 1.82) is 0 Å². The smallest absolute Gasteiger partial charge is 0.307 e. The van der Waals surface area contributed by atoms with E-state index < -0.39 is 5.97 Å². The number of aromatic nitrogens is 2.